The minimum Gasteiger partial charge on any atom is -0.333 e. The van der Waals surface area contributed by atoms with E-state index >= 15 is 0 Å². The first-order chi connectivity index (χ1) is 5.09. The molecule has 62 valence electrons. The quantitative estimate of drug-likeness (QED) is 0.591. The molecule has 3 nitrogen and oxygen atoms in total. The van der Waals surface area contributed by atoms with E-state index in [1.807, 2.05) is 6.92 Å². The van der Waals surface area contributed by atoms with Gasteiger partial charge in [0.15, 0.2) is 0 Å². The van der Waals surface area contributed by atoms with Gasteiger partial charge < -0.3 is 10.2 Å². The molecule has 11 heavy (non-hydrogen) atoms. The predicted molar refractivity (Wildman–Crippen MR) is 44.4 cm³/mol. The molecule has 0 aliphatic carbocycles. The summed E-state index contributed by atoms with van der Waals surface area (Å²) >= 11 is 0. The Bertz CT molecular complexity index is 187. The summed E-state index contributed by atoms with van der Waals surface area (Å²) in [5.41, 5.74) is 1.12. The minimum absolute atomic E-state index is 0.0243. The number of nitrogens with one attached hydrogen (secondary N) is 1. The maximum atomic E-state index is 11.0. The van der Waals surface area contributed by atoms with Crippen molar-refractivity contribution in [2.24, 2.45) is 0 Å². The lowest BCUT2D eigenvalue weighted by Gasteiger charge is -2.07. The van der Waals surface area contributed by atoms with E-state index in [0.29, 0.717) is 0 Å². The van der Waals surface area contributed by atoms with Crippen molar-refractivity contribution in [1.82, 2.24) is 10.2 Å². The Hall–Kier alpha value is -0.990. The summed E-state index contributed by atoms with van der Waals surface area (Å²) in [6, 6.07) is 0.293. The van der Waals surface area contributed by atoms with Gasteiger partial charge >= 0.3 is 6.03 Å². The molecule has 1 saturated heterocycles. The number of amides is 2. The van der Waals surface area contributed by atoms with Gasteiger partial charge in [0.05, 0.1) is 6.04 Å². The smallest absolute Gasteiger partial charge is 0.317 e. The molecule has 0 spiro atoms. The second kappa shape index (κ2) is 2.95. The SMILES string of the molecule is C=C(C)CC1CN(C)C(=O)N1. The topological polar surface area (TPSA) is 32.3 Å². The Morgan fingerprint density at radius 2 is 2.55 bits per heavy atom. The molecule has 1 atom stereocenters. The normalized spacial score (nSPS) is 23.6. The number of likely N-dealkylation sites (N-methyl/N-ethyl adjacent to an activating group) is 1. The zero-order chi connectivity index (χ0) is 8.43. The Balaban J connectivity index is 2.41. The number of carbonyl (C=O) groups excluding carboxylic acids is 1. The van der Waals surface area contributed by atoms with Gasteiger partial charge in [-0.25, -0.2) is 4.79 Å². The van der Waals surface area contributed by atoms with Gasteiger partial charge in [-0.05, 0) is 13.3 Å². The number of nitrogens with zero attached hydrogens (tertiary/aromatic N) is 1. The van der Waals surface area contributed by atoms with E-state index in [1.165, 1.54) is 0 Å². The van der Waals surface area contributed by atoms with Crippen LogP contribution in [0.2, 0.25) is 0 Å². The first-order valence-electron chi connectivity index (χ1n) is 3.75. The summed E-state index contributed by atoms with van der Waals surface area (Å²) in [7, 11) is 1.80. The summed E-state index contributed by atoms with van der Waals surface area (Å²) in [6.07, 6.45) is 0.885. The van der Waals surface area contributed by atoms with Gasteiger partial charge in [-0.15, -0.1) is 6.58 Å². The Morgan fingerprint density at radius 1 is 1.91 bits per heavy atom. The van der Waals surface area contributed by atoms with Crippen LogP contribution in [0.3, 0.4) is 0 Å². The fourth-order valence-electron chi connectivity index (χ4n) is 1.28. The highest BCUT2D eigenvalue weighted by Gasteiger charge is 2.24. The van der Waals surface area contributed by atoms with Crippen LogP contribution >= 0.6 is 0 Å². The summed E-state index contributed by atoms with van der Waals surface area (Å²) in [5.74, 6) is 0. The van der Waals surface area contributed by atoms with Gasteiger partial charge in [0.25, 0.3) is 0 Å². The van der Waals surface area contributed by atoms with Crippen molar-refractivity contribution >= 4 is 6.03 Å². The van der Waals surface area contributed by atoms with Crippen molar-refractivity contribution in [1.29, 1.82) is 0 Å². The third kappa shape index (κ3) is 1.97. The average molecular weight is 154 g/mol. The molecule has 0 aromatic carbocycles. The van der Waals surface area contributed by atoms with E-state index in [4.69, 9.17) is 0 Å². The largest absolute Gasteiger partial charge is 0.333 e. The molecule has 1 aliphatic rings. The molecule has 0 saturated carbocycles. The third-order valence-corrected chi connectivity index (χ3v) is 1.76. The van der Waals surface area contributed by atoms with E-state index in [1.54, 1.807) is 11.9 Å². The van der Waals surface area contributed by atoms with Gasteiger partial charge in [-0.3, -0.25) is 0 Å². The number of rotatable bonds is 2. The van der Waals surface area contributed by atoms with Crippen molar-refractivity contribution in [2.45, 2.75) is 19.4 Å². The molecule has 3 heteroatoms. The van der Waals surface area contributed by atoms with Crippen molar-refractivity contribution in [3.8, 4) is 0 Å². The zero-order valence-corrected chi connectivity index (χ0v) is 7.05. The average Bonchev–Trinajstić information content (AvgIpc) is 2.10. The van der Waals surface area contributed by atoms with Crippen LogP contribution in [-0.4, -0.2) is 30.6 Å². The third-order valence-electron chi connectivity index (χ3n) is 1.76. The van der Waals surface area contributed by atoms with Gasteiger partial charge in [0, 0.05) is 13.6 Å². The molecule has 0 radical (unpaired) electrons. The molecular formula is C8H14N2O. The molecule has 1 unspecified atom stereocenters. The summed E-state index contributed by atoms with van der Waals surface area (Å²) < 4.78 is 0. The van der Waals surface area contributed by atoms with Gasteiger partial charge in [0.2, 0.25) is 0 Å². The fourth-order valence-corrected chi connectivity index (χ4v) is 1.28. The minimum atomic E-state index is 0.0243. The van der Waals surface area contributed by atoms with Crippen LogP contribution < -0.4 is 5.32 Å². The lowest BCUT2D eigenvalue weighted by molar-refractivity contribution is 0.226. The van der Waals surface area contributed by atoms with Crippen LogP contribution in [-0.2, 0) is 0 Å². The van der Waals surface area contributed by atoms with Crippen LogP contribution in [0, 0.1) is 0 Å². The molecule has 1 fully saturated rings. The summed E-state index contributed by atoms with van der Waals surface area (Å²) in [4.78, 5) is 12.6. The second-order valence-corrected chi connectivity index (χ2v) is 3.19. The molecule has 1 aliphatic heterocycles. The van der Waals surface area contributed by atoms with Crippen LogP contribution in [0.4, 0.5) is 4.79 Å². The highest BCUT2D eigenvalue weighted by Crippen LogP contribution is 2.08. The van der Waals surface area contributed by atoms with Crippen LogP contribution in [0.25, 0.3) is 0 Å². The van der Waals surface area contributed by atoms with E-state index in [9.17, 15) is 4.79 Å². The number of carbonyl (C=O) groups is 1. The molecular weight excluding hydrogens is 140 g/mol. The summed E-state index contributed by atoms with van der Waals surface area (Å²) in [5, 5.41) is 2.86. The molecule has 1 heterocycles. The predicted octanol–water partition coefficient (Wildman–Crippen LogP) is 0.976. The second-order valence-electron chi connectivity index (χ2n) is 3.19. The highest BCUT2D eigenvalue weighted by molar-refractivity contribution is 5.76. The molecule has 1 rings (SSSR count). The van der Waals surface area contributed by atoms with E-state index in [0.717, 1.165) is 18.5 Å². The lowest BCUT2D eigenvalue weighted by Crippen LogP contribution is -2.26. The van der Waals surface area contributed by atoms with Gasteiger partial charge in [-0.1, -0.05) is 5.57 Å². The Morgan fingerprint density at radius 3 is 2.91 bits per heavy atom. The molecule has 1 N–H and O–H groups in total. The zero-order valence-electron chi connectivity index (χ0n) is 7.05. The fraction of sp³-hybridized carbons (Fsp3) is 0.625. The Kier molecular flexibility index (Phi) is 2.17. The van der Waals surface area contributed by atoms with Crippen molar-refractivity contribution < 1.29 is 4.79 Å². The van der Waals surface area contributed by atoms with E-state index < -0.39 is 0 Å². The lowest BCUT2D eigenvalue weighted by atomic mass is 10.1. The molecule has 0 aromatic rings. The van der Waals surface area contributed by atoms with E-state index in [-0.39, 0.29) is 12.1 Å². The first-order valence-corrected chi connectivity index (χ1v) is 3.75. The van der Waals surface area contributed by atoms with E-state index in [2.05, 4.69) is 11.9 Å². The van der Waals surface area contributed by atoms with Crippen molar-refractivity contribution in [2.75, 3.05) is 13.6 Å². The standard InChI is InChI=1S/C8H14N2O/c1-6(2)4-7-5-10(3)8(11)9-7/h7H,1,4-5H2,2-3H3,(H,9,11). The summed E-state index contributed by atoms with van der Waals surface area (Å²) in [6.45, 7) is 6.57. The van der Waals surface area contributed by atoms with Crippen molar-refractivity contribution in [3.05, 3.63) is 12.2 Å². The van der Waals surface area contributed by atoms with Crippen LogP contribution in [0.15, 0.2) is 12.2 Å². The van der Waals surface area contributed by atoms with Gasteiger partial charge in [-0.2, -0.15) is 0 Å². The molecule has 0 aromatic heterocycles. The monoisotopic (exact) mass is 154 g/mol. The number of hydrogen-bond acceptors (Lipinski definition) is 1. The van der Waals surface area contributed by atoms with Crippen LogP contribution in [0.5, 0.6) is 0 Å². The first kappa shape index (κ1) is 8.11. The molecule has 0 bridgehead atoms. The number of hydrogen-bond donors (Lipinski definition) is 1. The maximum Gasteiger partial charge on any atom is 0.317 e. The maximum absolute atomic E-state index is 11.0. The highest BCUT2D eigenvalue weighted by atomic mass is 16.2. The number of urea groups is 1. The molecule has 2 amide bonds. The van der Waals surface area contributed by atoms with Crippen LogP contribution in [0.1, 0.15) is 13.3 Å². The van der Waals surface area contributed by atoms with Gasteiger partial charge in [0.1, 0.15) is 0 Å². The van der Waals surface area contributed by atoms with Crippen molar-refractivity contribution in [3.63, 3.8) is 0 Å². The Labute approximate surface area is 67.1 Å².